The fourth-order valence-corrected chi connectivity index (χ4v) is 6.81. The first-order valence-corrected chi connectivity index (χ1v) is 15.8. The van der Waals surface area contributed by atoms with Crippen molar-refractivity contribution in [2.75, 3.05) is 81.2 Å². The quantitative estimate of drug-likeness (QED) is 0.195. The number of piperidine rings is 1. The number of nitrogens with zero attached hydrogens (tertiary/aromatic N) is 2. The number of nitrogens with one attached hydrogen (secondary N) is 2. The van der Waals surface area contributed by atoms with Crippen molar-refractivity contribution in [2.45, 2.75) is 38.4 Å². The third-order valence-corrected chi connectivity index (χ3v) is 9.11. The van der Waals surface area contributed by atoms with Gasteiger partial charge in [0.25, 0.3) is 0 Å². The van der Waals surface area contributed by atoms with Crippen LogP contribution < -0.4 is 20.3 Å². The summed E-state index contributed by atoms with van der Waals surface area (Å²) in [4.78, 5) is 4.62. The third-order valence-electron chi connectivity index (χ3n) is 7.91. The van der Waals surface area contributed by atoms with Crippen molar-refractivity contribution in [1.29, 1.82) is 0 Å². The van der Waals surface area contributed by atoms with Crippen molar-refractivity contribution in [3.05, 3.63) is 46.6 Å². The number of hydrogen-bond donors (Lipinski definition) is 3. The highest BCUT2D eigenvalue weighted by Gasteiger charge is 2.31. The number of morpholine rings is 1. The smallest absolute Gasteiger partial charge is 0.393 e. The maximum atomic E-state index is 15.1. The van der Waals surface area contributed by atoms with Crippen molar-refractivity contribution < 1.29 is 32.1 Å². The van der Waals surface area contributed by atoms with E-state index in [0.717, 1.165) is 42.9 Å². The number of rotatable bonds is 10. The number of likely N-dealkylation sites (tertiary alicyclic amines) is 1. The third kappa shape index (κ3) is 8.07. The number of fused-ring (bicyclic) bond motifs is 1. The van der Waals surface area contributed by atoms with E-state index in [4.69, 9.17) is 9.47 Å². The number of anilines is 3. The van der Waals surface area contributed by atoms with Gasteiger partial charge in [-0.15, -0.1) is 11.3 Å². The average Bonchev–Trinajstić information content (AvgIpc) is 3.36. The van der Waals surface area contributed by atoms with Crippen LogP contribution in [-0.2, 0) is 11.2 Å². The molecular formula is C32H38F4N4O3S. The molecule has 0 aliphatic carbocycles. The molecule has 44 heavy (non-hydrogen) atoms. The summed E-state index contributed by atoms with van der Waals surface area (Å²) in [5, 5.41) is 16.5. The van der Waals surface area contributed by atoms with Crippen LogP contribution in [0.1, 0.15) is 30.2 Å². The van der Waals surface area contributed by atoms with E-state index in [9.17, 15) is 18.3 Å². The second-order valence-corrected chi connectivity index (χ2v) is 11.9. The van der Waals surface area contributed by atoms with Gasteiger partial charge in [0.05, 0.1) is 59.4 Å². The van der Waals surface area contributed by atoms with E-state index in [0.29, 0.717) is 53.7 Å². The summed E-state index contributed by atoms with van der Waals surface area (Å²) in [7, 11) is 0. The normalized spacial score (nSPS) is 16.5. The lowest BCUT2D eigenvalue weighted by Crippen LogP contribution is -2.38. The molecule has 0 radical (unpaired) electrons. The number of ether oxygens (including phenoxy) is 2. The van der Waals surface area contributed by atoms with E-state index in [-0.39, 0.29) is 31.4 Å². The maximum Gasteiger partial charge on any atom is 0.393 e. The monoisotopic (exact) mass is 634 g/mol. The Morgan fingerprint density at radius 3 is 2.59 bits per heavy atom. The van der Waals surface area contributed by atoms with Crippen LogP contribution in [0.15, 0.2) is 30.3 Å². The van der Waals surface area contributed by atoms with Crippen LogP contribution in [0, 0.1) is 17.7 Å². The highest BCUT2D eigenvalue weighted by atomic mass is 32.1. The molecule has 0 amide bonds. The zero-order valence-corrected chi connectivity index (χ0v) is 25.6. The molecule has 5 rings (SSSR count). The van der Waals surface area contributed by atoms with Crippen molar-refractivity contribution in [3.63, 3.8) is 0 Å². The number of alkyl halides is 3. The SMILES string of the molecule is CCN1CCC(Nc2cccc3c(CC(F)(F)F)c(C#CCNc4cc(F)c(N5CCOCC5)cc4OCCO)sc23)CC1. The molecule has 3 aromatic rings. The lowest BCUT2D eigenvalue weighted by molar-refractivity contribution is -0.126. The van der Waals surface area contributed by atoms with Gasteiger partial charge in [-0.1, -0.05) is 30.9 Å². The first-order chi connectivity index (χ1) is 21.3. The van der Waals surface area contributed by atoms with E-state index in [1.807, 2.05) is 11.0 Å². The van der Waals surface area contributed by atoms with Crippen LogP contribution in [0.4, 0.5) is 34.6 Å². The largest absolute Gasteiger partial charge is 0.489 e. The van der Waals surface area contributed by atoms with E-state index >= 15 is 4.39 Å². The molecule has 2 saturated heterocycles. The Bertz CT molecular complexity index is 1470. The molecule has 1 aromatic heterocycles. The predicted octanol–water partition coefficient (Wildman–Crippen LogP) is 5.71. The van der Waals surface area contributed by atoms with Gasteiger partial charge in [-0.2, -0.15) is 13.2 Å². The summed E-state index contributed by atoms with van der Waals surface area (Å²) in [6.45, 7) is 7.05. The van der Waals surface area contributed by atoms with Gasteiger partial charge < -0.3 is 35.0 Å². The zero-order valence-electron chi connectivity index (χ0n) is 24.7. The lowest BCUT2D eigenvalue weighted by atomic mass is 10.0. The molecular weight excluding hydrogens is 596 g/mol. The van der Waals surface area contributed by atoms with Crippen LogP contribution in [0.25, 0.3) is 10.1 Å². The number of aliphatic hydroxyl groups is 1. The van der Waals surface area contributed by atoms with Crippen LogP contribution in [0.5, 0.6) is 5.75 Å². The van der Waals surface area contributed by atoms with E-state index in [1.165, 1.54) is 17.4 Å². The van der Waals surface area contributed by atoms with Crippen LogP contribution in [0.3, 0.4) is 0 Å². The van der Waals surface area contributed by atoms with E-state index in [1.54, 1.807) is 18.2 Å². The Hall–Kier alpha value is -3.24. The second kappa shape index (κ2) is 14.7. The van der Waals surface area contributed by atoms with Gasteiger partial charge in [0.2, 0.25) is 0 Å². The maximum absolute atomic E-state index is 15.1. The summed E-state index contributed by atoms with van der Waals surface area (Å²) in [5.41, 5.74) is 1.72. The van der Waals surface area contributed by atoms with Gasteiger partial charge in [0.1, 0.15) is 18.2 Å². The molecule has 0 spiro atoms. The van der Waals surface area contributed by atoms with Crippen molar-refractivity contribution in [3.8, 4) is 17.6 Å². The van der Waals surface area contributed by atoms with E-state index in [2.05, 4.69) is 34.3 Å². The second-order valence-electron chi connectivity index (χ2n) is 10.9. The molecule has 2 aliphatic rings. The minimum Gasteiger partial charge on any atom is -0.489 e. The summed E-state index contributed by atoms with van der Waals surface area (Å²) in [6, 6.07) is 8.60. The Morgan fingerprint density at radius 2 is 1.89 bits per heavy atom. The topological polar surface area (TPSA) is 69.2 Å². The summed E-state index contributed by atoms with van der Waals surface area (Å²) >= 11 is 1.26. The Kier molecular flexibility index (Phi) is 10.7. The highest BCUT2D eigenvalue weighted by molar-refractivity contribution is 7.20. The molecule has 0 bridgehead atoms. The van der Waals surface area contributed by atoms with Gasteiger partial charge in [0, 0.05) is 44.4 Å². The van der Waals surface area contributed by atoms with Crippen LogP contribution in [-0.4, -0.2) is 87.9 Å². The first kappa shape index (κ1) is 32.2. The molecule has 2 aliphatic heterocycles. The Morgan fingerprint density at radius 1 is 1.11 bits per heavy atom. The van der Waals surface area contributed by atoms with Gasteiger partial charge >= 0.3 is 6.18 Å². The molecule has 12 heteroatoms. The molecule has 0 saturated carbocycles. The average molecular weight is 635 g/mol. The molecule has 7 nitrogen and oxygen atoms in total. The van der Waals surface area contributed by atoms with Gasteiger partial charge in [-0.05, 0) is 36.4 Å². The molecule has 0 atom stereocenters. The minimum atomic E-state index is -4.39. The standard InChI is InChI=1S/C32H38F4N4O3S/c1-2-39-11-8-22(9-12-39)38-26-6-3-5-23-24(21-32(34,35)36)30(44-31(23)26)7-4-10-37-27-19-25(33)28(20-29(27)43-18-15-41)40-13-16-42-17-14-40/h3,5-6,19-20,22,37-38,41H,2,8-18,21H2,1H3. The number of hydrogen-bond acceptors (Lipinski definition) is 8. The van der Waals surface area contributed by atoms with Crippen molar-refractivity contribution >= 4 is 38.5 Å². The molecule has 0 unspecified atom stereocenters. The number of thiophene rings is 1. The Balaban J connectivity index is 1.37. The fraction of sp³-hybridized carbons (Fsp3) is 0.500. The highest BCUT2D eigenvalue weighted by Crippen LogP contribution is 2.39. The summed E-state index contributed by atoms with van der Waals surface area (Å²) in [6.07, 6.45) is -3.52. The van der Waals surface area contributed by atoms with Crippen LogP contribution in [0.2, 0.25) is 0 Å². The lowest BCUT2D eigenvalue weighted by Gasteiger charge is -2.32. The van der Waals surface area contributed by atoms with Crippen molar-refractivity contribution in [2.24, 2.45) is 0 Å². The summed E-state index contributed by atoms with van der Waals surface area (Å²) < 4.78 is 67.9. The number of benzene rings is 2. The Labute approximate surface area is 259 Å². The molecule has 2 aromatic carbocycles. The zero-order chi connectivity index (χ0) is 31.1. The van der Waals surface area contributed by atoms with Gasteiger partial charge in [-0.25, -0.2) is 4.39 Å². The predicted molar refractivity (Wildman–Crippen MR) is 168 cm³/mol. The first-order valence-electron chi connectivity index (χ1n) is 15.0. The molecule has 3 heterocycles. The van der Waals surface area contributed by atoms with Gasteiger partial charge in [-0.3, -0.25) is 0 Å². The van der Waals surface area contributed by atoms with Crippen LogP contribution >= 0.6 is 11.3 Å². The van der Waals surface area contributed by atoms with E-state index < -0.39 is 18.4 Å². The van der Waals surface area contributed by atoms with Crippen molar-refractivity contribution in [1.82, 2.24) is 4.90 Å². The number of aliphatic hydroxyl groups excluding tert-OH is 1. The molecule has 2 fully saturated rings. The molecule has 238 valence electrons. The minimum absolute atomic E-state index is 0.0191. The fourth-order valence-electron chi connectivity index (χ4n) is 5.64. The number of halogens is 4. The van der Waals surface area contributed by atoms with Gasteiger partial charge in [0.15, 0.2) is 0 Å². The summed E-state index contributed by atoms with van der Waals surface area (Å²) in [5.74, 6) is 5.79. The molecule has 3 N–H and O–H groups in total.